The maximum atomic E-state index is 2.57. The molecule has 1 rings (SSSR count). The van der Waals surface area contributed by atoms with Gasteiger partial charge in [-0.05, 0) is 39.7 Å². The summed E-state index contributed by atoms with van der Waals surface area (Å²) in [4.78, 5) is 2.57. The molecule has 0 bridgehead atoms. The highest BCUT2D eigenvalue weighted by Crippen LogP contribution is 2.20. The van der Waals surface area contributed by atoms with Gasteiger partial charge in [-0.1, -0.05) is 6.92 Å². The molecule has 0 aromatic carbocycles. The molecule has 0 amide bonds. The van der Waals surface area contributed by atoms with Crippen molar-refractivity contribution in [3.05, 3.63) is 6.42 Å². The van der Waals surface area contributed by atoms with Gasteiger partial charge >= 0.3 is 0 Å². The Balaban J connectivity index is 2.45. The molecule has 0 aromatic rings. The summed E-state index contributed by atoms with van der Waals surface area (Å²) in [5.74, 6) is 0. The van der Waals surface area contributed by atoms with Crippen LogP contribution in [0.1, 0.15) is 33.6 Å². The number of hydrogen-bond acceptors (Lipinski definition) is 1. The average molecular weight is 140 g/mol. The highest BCUT2D eigenvalue weighted by atomic mass is 15.2. The molecule has 2 unspecified atom stereocenters. The van der Waals surface area contributed by atoms with E-state index in [9.17, 15) is 0 Å². The predicted octanol–water partition coefficient (Wildman–Crippen LogP) is 2.08. The van der Waals surface area contributed by atoms with Crippen LogP contribution in [-0.2, 0) is 0 Å². The van der Waals surface area contributed by atoms with E-state index < -0.39 is 0 Å². The Morgan fingerprint density at radius 1 is 1.30 bits per heavy atom. The molecule has 1 heterocycles. The fourth-order valence-corrected chi connectivity index (χ4v) is 1.91. The summed E-state index contributed by atoms with van der Waals surface area (Å²) in [7, 11) is 0. The summed E-state index contributed by atoms with van der Waals surface area (Å²) in [6.07, 6.45) is 4.97. The number of rotatable bonds is 1. The largest absolute Gasteiger partial charge is 0.298 e. The third-order valence-corrected chi connectivity index (χ3v) is 2.51. The van der Waals surface area contributed by atoms with Gasteiger partial charge in [-0.15, -0.1) is 0 Å². The minimum Gasteiger partial charge on any atom is -0.298 e. The predicted molar refractivity (Wildman–Crippen MR) is 44.8 cm³/mol. The molecule has 2 atom stereocenters. The van der Waals surface area contributed by atoms with Gasteiger partial charge in [0.15, 0.2) is 0 Å². The number of nitrogens with zero attached hydrogens (tertiary/aromatic N) is 1. The van der Waals surface area contributed by atoms with E-state index in [0.29, 0.717) is 0 Å². The molecule has 10 heavy (non-hydrogen) atoms. The molecular formula is C9H18N. The molecule has 1 aliphatic rings. The van der Waals surface area contributed by atoms with Gasteiger partial charge in [0.2, 0.25) is 0 Å². The highest BCUT2D eigenvalue weighted by Gasteiger charge is 2.22. The molecule has 59 valence electrons. The van der Waals surface area contributed by atoms with E-state index >= 15 is 0 Å². The van der Waals surface area contributed by atoms with E-state index in [1.807, 2.05) is 0 Å². The van der Waals surface area contributed by atoms with Crippen molar-refractivity contribution in [2.75, 3.05) is 6.54 Å². The molecular weight excluding hydrogens is 122 g/mol. The number of hydrogen-bond donors (Lipinski definition) is 0. The molecule has 1 aliphatic heterocycles. The second kappa shape index (κ2) is 3.38. The normalized spacial score (nSPS) is 36.3. The Bertz CT molecular complexity index is 90.9. The maximum absolute atomic E-state index is 2.57. The summed E-state index contributed by atoms with van der Waals surface area (Å²) in [5, 5.41) is 0. The van der Waals surface area contributed by atoms with Crippen LogP contribution >= 0.6 is 0 Å². The summed E-state index contributed by atoms with van der Waals surface area (Å²) in [6, 6.07) is 1.54. The van der Waals surface area contributed by atoms with Gasteiger partial charge < -0.3 is 0 Å². The minimum absolute atomic E-state index is 0.772. The number of piperidine rings is 1. The molecule has 1 heteroatoms. The van der Waals surface area contributed by atoms with E-state index in [4.69, 9.17) is 0 Å². The second-order valence-electron chi connectivity index (χ2n) is 3.29. The lowest BCUT2D eigenvalue weighted by Crippen LogP contribution is -2.43. The summed E-state index contributed by atoms with van der Waals surface area (Å²) in [5.41, 5.74) is 0. The van der Waals surface area contributed by atoms with E-state index in [-0.39, 0.29) is 0 Å². The zero-order valence-electron chi connectivity index (χ0n) is 7.30. The fraction of sp³-hybridized carbons (Fsp3) is 0.889. The van der Waals surface area contributed by atoms with Crippen LogP contribution in [0.15, 0.2) is 0 Å². The zero-order valence-corrected chi connectivity index (χ0v) is 7.30. The van der Waals surface area contributed by atoms with Gasteiger partial charge in [-0.2, -0.15) is 0 Å². The molecule has 1 fully saturated rings. The molecule has 1 saturated heterocycles. The Hall–Kier alpha value is -0.0400. The zero-order chi connectivity index (χ0) is 7.56. The van der Waals surface area contributed by atoms with Crippen LogP contribution in [0.5, 0.6) is 0 Å². The molecule has 0 spiro atoms. The van der Waals surface area contributed by atoms with Crippen molar-refractivity contribution in [2.45, 2.75) is 45.7 Å². The first kappa shape index (κ1) is 8.06. The van der Waals surface area contributed by atoms with Crippen LogP contribution in [0, 0.1) is 6.42 Å². The minimum atomic E-state index is 0.772. The van der Waals surface area contributed by atoms with E-state index in [0.717, 1.165) is 12.1 Å². The molecule has 1 nitrogen and oxygen atoms in total. The highest BCUT2D eigenvalue weighted by molar-refractivity contribution is 4.87. The second-order valence-corrected chi connectivity index (χ2v) is 3.29. The van der Waals surface area contributed by atoms with Crippen LogP contribution in [0.2, 0.25) is 0 Å². The number of likely N-dealkylation sites (tertiary alicyclic amines) is 1. The summed E-state index contributed by atoms with van der Waals surface area (Å²) >= 11 is 0. The van der Waals surface area contributed by atoms with Gasteiger partial charge in [-0.25, -0.2) is 0 Å². The lowest BCUT2D eigenvalue weighted by atomic mass is 9.98. The van der Waals surface area contributed by atoms with E-state index in [1.54, 1.807) is 0 Å². The van der Waals surface area contributed by atoms with Crippen LogP contribution in [0.3, 0.4) is 0 Å². The standard InChI is InChI=1S/C9H18N/c1-4-10-8(2)6-5-7-9(10)3/h5,8-9H,4,6-7H2,1-3H3. The third-order valence-electron chi connectivity index (χ3n) is 2.51. The van der Waals surface area contributed by atoms with Crippen molar-refractivity contribution >= 4 is 0 Å². The summed E-state index contributed by atoms with van der Waals surface area (Å²) < 4.78 is 0. The topological polar surface area (TPSA) is 3.24 Å². The lowest BCUT2D eigenvalue weighted by molar-refractivity contribution is 0.134. The maximum Gasteiger partial charge on any atom is 0.00723 e. The fourth-order valence-electron chi connectivity index (χ4n) is 1.91. The summed E-state index contributed by atoms with van der Waals surface area (Å²) in [6.45, 7) is 8.08. The van der Waals surface area contributed by atoms with Crippen molar-refractivity contribution in [3.8, 4) is 0 Å². The van der Waals surface area contributed by atoms with Gasteiger partial charge in [0.05, 0.1) is 0 Å². The van der Waals surface area contributed by atoms with Gasteiger partial charge in [0, 0.05) is 12.1 Å². The molecule has 1 radical (unpaired) electrons. The van der Waals surface area contributed by atoms with E-state index in [2.05, 4.69) is 32.1 Å². The quantitative estimate of drug-likeness (QED) is 0.539. The van der Waals surface area contributed by atoms with Crippen molar-refractivity contribution in [2.24, 2.45) is 0 Å². The van der Waals surface area contributed by atoms with Crippen molar-refractivity contribution in [1.82, 2.24) is 4.90 Å². The van der Waals surface area contributed by atoms with Gasteiger partial charge in [-0.3, -0.25) is 4.90 Å². The van der Waals surface area contributed by atoms with Crippen LogP contribution in [0.4, 0.5) is 0 Å². The SMILES string of the molecule is CCN1C(C)C[CH]CC1C. The third kappa shape index (κ3) is 1.51. The molecule has 0 aliphatic carbocycles. The molecule has 0 aromatic heterocycles. The Kier molecular flexibility index (Phi) is 2.72. The monoisotopic (exact) mass is 140 g/mol. The van der Waals surface area contributed by atoms with Crippen molar-refractivity contribution in [1.29, 1.82) is 0 Å². The van der Waals surface area contributed by atoms with Crippen LogP contribution in [-0.4, -0.2) is 23.5 Å². The first-order valence-electron chi connectivity index (χ1n) is 4.33. The lowest BCUT2D eigenvalue weighted by Gasteiger charge is -2.37. The first-order valence-corrected chi connectivity index (χ1v) is 4.33. The molecule has 0 N–H and O–H groups in total. The Morgan fingerprint density at radius 3 is 2.10 bits per heavy atom. The van der Waals surface area contributed by atoms with Gasteiger partial charge in [0.25, 0.3) is 0 Å². The Morgan fingerprint density at radius 2 is 1.80 bits per heavy atom. The average Bonchev–Trinajstić information content (AvgIpc) is 1.88. The van der Waals surface area contributed by atoms with Crippen molar-refractivity contribution in [3.63, 3.8) is 0 Å². The smallest absolute Gasteiger partial charge is 0.00723 e. The Labute approximate surface area is 64.4 Å². The van der Waals surface area contributed by atoms with Crippen LogP contribution < -0.4 is 0 Å². The van der Waals surface area contributed by atoms with Gasteiger partial charge in [0.1, 0.15) is 0 Å². The molecule has 0 saturated carbocycles. The first-order chi connectivity index (χ1) is 4.75. The van der Waals surface area contributed by atoms with E-state index in [1.165, 1.54) is 19.4 Å². The van der Waals surface area contributed by atoms with Crippen molar-refractivity contribution < 1.29 is 0 Å². The van der Waals surface area contributed by atoms with Crippen LogP contribution in [0.25, 0.3) is 0 Å².